The Kier molecular flexibility index (Phi) is 3.53. The van der Waals surface area contributed by atoms with E-state index in [0.717, 1.165) is 11.3 Å². The van der Waals surface area contributed by atoms with Crippen LogP contribution in [0.1, 0.15) is 5.56 Å². The summed E-state index contributed by atoms with van der Waals surface area (Å²) < 4.78 is 1.59. The van der Waals surface area contributed by atoms with Crippen LogP contribution in [0.4, 0.5) is 5.69 Å². The molecule has 0 aliphatic carbocycles. The minimum absolute atomic E-state index is 0.490. The molecule has 0 unspecified atom stereocenters. The number of nitrogens with two attached hydrogens (primary N) is 1. The Morgan fingerprint density at radius 2 is 1.86 bits per heavy atom. The molecule has 0 aliphatic rings. The number of nitrogens with zero attached hydrogens (tertiary/aromatic N) is 4. The first-order valence-electron chi connectivity index (χ1n) is 6.16. The average molecular weight is 320 g/mol. The highest BCUT2D eigenvalue weighted by Crippen LogP contribution is 2.29. The molecule has 106 valence electrons. The number of anilines is 1. The van der Waals surface area contributed by atoms with Crippen LogP contribution in [0.3, 0.4) is 0 Å². The van der Waals surface area contributed by atoms with Crippen molar-refractivity contribution < 1.29 is 0 Å². The third-order valence-corrected chi connectivity index (χ3v) is 3.82. The van der Waals surface area contributed by atoms with Crippen LogP contribution in [-0.4, -0.2) is 20.2 Å². The number of aromatic nitrogens is 4. The van der Waals surface area contributed by atoms with Gasteiger partial charge in [0.1, 0.15) is 0 Å². The molecule has 0 aliphatic heterocycles. The quantitative estimate of drug-likeness (QED) is 0.733. The maximum absolute atomic E-state index is 6.22. The molecule has 0 radical (unpaired) electrons. The Balaban J connectivity index is 2.14. The zero-order chi connectivity index (χ0) is 15.0. The Morgan fingerprint density at radius 1 is 1.05 bits per heavy atom. The summed E-state index contributed by atoms with van der Waals surface area (Å²) in [6.07, 6.45) is 0. The molecule has 5 nitrogen and oxygen atoms in total. The van der Waals surface area contributed by atoms with Gasteiger partial charge in [0.15, 0.2) is 5.82 Å². The summed E-state index contributed by atoms with van der Waals surface area (Å²) in [5.74, 6) is 0.528. The Hall–Kier alpha value is -2.11. The number of aryl methyl sites for hydroxylation is 1. The van der Waals surface area contributed by atoms with Crippen LogP contribution in [-0.2, 0) is 0 Å². The summed E-state index contributed by atoms with van der Waals surface area (Å²) in [5, 5.41) is 12.9. The van der Waals surface area contributed by atoms with Gasteiger partial charge < -0.3 is 5.73 Å². The lowest BCUT2D eigenvalue weighted by molar-refractivity contribution is 0.791. The molecule has 7 heteroatoms. The molecule has 1 heterocycles. The fourth-order valence-electron chi connectivity index (χ4n) is 1.96. The number of nitrogen functional groups attached to an aromatic ring is 1. The summed E-state index contributed by atoms with van der Waals surface area (Å²) in [5.41, 5.74) is 8.74. The zero-order valence-corrected chi connectivity index (χ0v) is 12.6. The molecular formula is C14H11Cl2N5. The van der Waals surface area contributed by atoms with E-state index in [4.69, 9.17) is 28.9 Å². The first kappa shape index (κ1) is 13.9. The normalized spacial score (nSPS) is 10.8. The van der Waals surface area contributed by atoms with Crippen molar-refractivity contribution >= 4 is 28.9 Å². The minimum atomic E-state index is 0.490. The highest BCUT2D eigenvalue weighted by molar-refractivity contribution is 6.33. The smallest absolute Gasteiger partial charge is 0.188 e. The van der Waals surface area contributed by atoms with Crippen LogP contribution in [0, 0.1) is 6.92 Å². The number of hydrogen-bond donors (Lipinski definition) is 1. The van der Waals surface area contributed by atoms with Crippen LogP contribution in [0.15, 0.2) is 36.4 Å². The highest BCUT2D eigenvalue weighted by atomic mass is 35.5. The van der Waals surface area contributed by atoms with E-state index >= 15 is 0 Å². The van der Waals surface area contributed by atoms with Gasteiger partial charge in [-0.1, -0.05) is 29.3 Å². The van der Waals surface area contributed by atoms with E-state index in [1.165, 1.54) is 0 Å². The maximum atomic E-state index is 6.22. The fraction of sp³-hybridized carbons (Fsp3) is 0.0714. The van der Waals surface area contributed by atoms with Crippen molar-refractivity contribution in [3.63, 3.8) is 0 Å². The number of tetrazole rings is 1. The number of hydrogen-bond acceptors (Lipinski definition) is 4. The van der Waals surface area contributed by atoms with Gasteiger partial charge in [0.25, 0.3) is 0 Å². The molecule has 0 saturated carbocycles. The standard InChI is InChI=1S/C14H11Cl2N5/c1-8-2-4-10(7-12(8)15)21-14(18-19-20-21)11-5-3-9(17)6-13(11)16/h2-7H,17H2,1H3. The van der Waals surface area contributed by atoms with Gasteiger partial charge in [0.2, 0.25) is 0 Å². The minimum Gasteiger partial charge on any atom is -0.399 e. The first-order valence-corrected chi connectivity index (χ1v) is 6.92. The Labute approximate surface area is 131 Å². The van der Waals surface area contributed by atoms with Crippen LogP contribution < -0.4 is 5.73 Å². The second-order valence-corrected chi connectivity index (χ2v) is 5.40. The molecule has 0 atom stereocenters. The molecule has 3 rings (SSSR count). The van der Waals surface area contributed by atoms with Crippen LogP contribution in [0.25, 0.3) is 17.1 Å². The Bertz CT molecular complexity index is 813. The lowest BCUT2D eigenvalue weighted by Gasteiger charge is -2.08. The van der Waals surface area contributed by atoms with Gasteiger partial charge in [-0.05, 0) is 53.2 Å². The number of halogens is 2. The van der Waals surface area contributed by atoms with Gasteiger partial charge in [-0.2, -0.15) is 4.68 Å². The predicted molar refractivity (Wildman–Crippen MR) is 83.8 cm³/mol. The second kappa shape index (κ2) is 5.35. The van der Waals surface area contributed by atoms with Crippen LogP contribution in [0.2, 0.25) is 10.0 Å². The van der Waals surface area contributed by atoms with Gasteiger partial charge in [-0.15, -0.1) is 5.10 Å². The molecular weight excluding hydrogens is 309 g/mol. The Morgan fingerprint density at radius 3 is 2.57 bits per heavy atom. The maximum Gasteiger partial charge on any atom is 0.188 e. The molecule has 1 aromatic heterocycles. The monoisotopic (exact) mass is 319 g/mol. The summed E-state index contributed by atoms with van der Waals surface area (Å²) in [6, 6.07) is 10.8. The van der Waals surface area contributed by atoms with E-state index in [1.807, 2.05) is 25.1 Å². The zero-order valence-electron chi connectivity index (χ0n) is 11.1. The number of benzene rings is 2. The molecule has 3 aromatic rings. The van der Waals surface area contributed by atoms with E-state index in [2.05, 4.69) is 15.5 Å². The largest absolute Gasteiger partial charge is 0.399 e. The van der Waals surface area contributed by atoms with Crippen molar-refractivity contribution in [1.82, 2.24) is 20.2 Å². The van der Waals surface area contributed by atoms with E-state index in [0.29, 0.717) is 27.1 Å². The fourth-order valence-corrected chi connectivity index (χ4v) is 2.40. The molecule has 21 heavy (non-hydrogen) atoms. The van der Waals surface area contributed by atoms with Crippen LogP contribution >= 0.6 is 23.2 Å². The second-order valence-electron chi connectivity index (χ2n) is 4.59. The topological polar surface area (TPSA) is 69.6 Å². The van der Waals surface area contributed by atoms with Crippen molar-refractivity contribution in [3.05, 3.63) is 52.0 Å². The van der Waals surface area contributed by atoms with E-state index in [-0.39, 0.29) is 0 Å². The van der Waals surface area contributed by atoms with Gasteiger partial charge in [-0.3, -0.25) is 0 Å². The van der Waals surface area contributed by atoms with E-state index in [9.17, 15) is 0 Å². The van der Waals surface area contributed by atoms with E-state index < -0.39 is 0 Å². The van der Waals surface area contributed by atoms with Crippen molar-refractivity contribution in [3.8, 4) is 17.1 Å². The molecule has 0 saturated heterocycles. The third-order valence-electron chi connectivity index (χ3n) is 3.10. The summed E-state index contributed by atoms with van der Waals surface area (Å²) in [4.78, 5) is 0. The van der Waals surface area contributed by atoms with Gasteiger partial charge in [-0.25, -0.2) is 0 Å². The summed E-state index contributed by atoms with van der Waals surface area (Å²) in [6.45, 7) is 1.93. The molecule has 2 aromatic carbocycles. The van der Waals surface area contributed by atoms with Gasteiger partial charge >= 0.3 is 0 Å². The van der Waals surface area contributed by atoms with Crippen molar-refractivity contribution in [2.45, 2.75) is 6.92 Å². The molecule has 0 fully saturated rings. The number of rotatable bonds is 2. The SMILES string of the molecule is Cc1ccc(-n2nnnc2-c2ccc(N)cc2Cl)cc1Cl. The van der Waals surface area contributed by atoms with Gasteiger partial charge in [0, 0.05) is 16.3 Å². The third kappa shape index (κ3) is 2.57. The average Bonchev–Trinajstić information content (AvgIpc) is 2.91. The summed E-state index contributed by atoms with van der Waals surface area (Å²) in [7, 11) is 0. The van der Waals surface area contributed by atoms with Crippen LogP contribution in [0.5, 0.6) is 0 Å². The van der Waals surface area contributed by atoms with Crippen molar-refractivity contribution in [2.24, 2.45) is 0 Å². The highest BCUT2D eigenvalue weighted by Gasteiger charge is 2.14. The lowest BCUT2D eigenvalue weighted by atomic mass is 10.2. The first-order chi connectivity index (χ1) is 10.1. The molecule has 0 spiro atoms. The van der Waals surface area contributed by atoms with Crippen molar-refractivity contribution in [2.75, 3.05) is 5.73 Å². The molecule has 2 N–H and O–H groups in total. The van der Waals surface area contributed by atoms with Crippen molar-refractivity contribution in [1.29, 1.82) is 0 Å². The van der Waals surface area contributed by atoms with E-state index in [1.54, 1.807) is 22.9 Å². The summed E-state index contributed by atoms with van der Waals surface area (Å²) >= 11 is 12.4. The predicted octanol–water partition coefficient (Wildman–Crippen LogP) is 3.53. The lowest BCUT2D eigenvalue weighted by Crippen LogP contribution is -2.00. The molecule has 0 bridgehead atoms. The molecule has 0 amide bonds. The van der Waals surface area contributed by atoms with Gasteiger partial charge in [0.05, 0.1) is 10.7 Å².